The second-order valence-electron chi connectivity index (χ2n) is 8.76. The van der Waals surface area contributed by atoms with Crippen molar-refractivity contribution in [3.63, 3.8) is 0 Å². The number of hydrogen-bond donors (Lipinski definition) is 5. The molecule has 1 aliphatic heterocycles. The quantitative estimate of drug-likeness (QED) is 0.159. The molecular weight excluding hydrogens is 532 g/mol. The number of ketones is 1. The first-order valence-corrected chi connectivity index (χ1v) is 14.4. The number of ether oxygens (including phenoxy) is 2. The van der Waals surface area contributed by atoms with Crippen molar-refractivity contribution in [3.8, 4) is 11.5 Å². The fourth-order valence-corrected chi connectivity index (χ4v) is 5.21. The maximum Gasteiger partial charge on any atom is 0.415 e. The number of nitrogens with zero attached hydrogens (tertiary/aromatic N) is 1. The Morgan fingerprint density at radius 2 is 1.74 bits per heavy atom. The van der Waals surface area contributed by atoms with Gasteiger partial charge in [-0.3, -0.25) is 9.69 Å². The second kappa shape index (κ2) is 14.7. The summed E-state index contributed by atoms with van der Waals surface area (Å²) in [5, 5.41) is 42.8. The van der Waals surface area contributed by atoms with Crippen LogP contribution < -0.4 is 14.8 Å². The Morgan fingerprint density at radius 1 is 1.05 bits per heavy atom. The van der Waals surface area contributed by atoms with Gasteiger partial charge >= 0.3 is 6.09 Å². The van der Waals surface area contributed by atoms with Crippen LogP contribution in [0, 0.1) is 0 Å². The summed E-state index contributed by atoms with van der Waals surface area (Å²) in [4.78, 5) is 26.8. The zero-order valence-electron chi connectivity index (χ0n) is 21.4. The van der Waals surface area contributed by atoms with Gasteiger partial charge in [0.15, 0.2) is 17.3 Å². The number of methoxy groups -OCH3 is 1. The van der Waals surface area contributed by atoms with E-state index in [4.69, 9.17) is 9.47 Å². The van der Waals surface area contributed by atoms with Crippen LogP contribution >= 0.6 is 21.6 Å². The number of carbonyl (C=O) groups is 2. The van der Waals surface area contributed by atoms with Gasteiger partial charge < -0.3 is 35.2 Å². The Hall–Kier alpha value is -2.32. The fraction of sp³-hybridized carbons (Fsp3) is 0.462. The summed E-state index contributed by atoms with van der Waals surface area (Å²) in [5.74, 6) is 0.431. The lowest BCUT2D eigenvalue weighted by Crippen LogP contribution is -2.41. The van der Waals surface area contributed by atoms with Crippen molar-refractivity contribution in [1.82, 2.24) is 10.2 Å². The van der Waals surface area contributed by atoms with Crippen molar-refractivity contribution in [1.29, 1.82) is 0 Å². The minimum absolute atomic E-state index is 0.0406. The molecule has 0 saturated carbocycles. The van der Waals surface area contributed by atoms with E-state index < -0.39 is 12.2 Å². The van der Waals surface area contributed by atoms with E-state index in [0.717, 1.165) is 0 Å². The van der Waals surface area contributed by atoms with Gasteiger partial charge in [-0.1, -0.05) is 39.8 Å². The van der Waals surface area contributed by atoms with Gasteiger partial charge in [-0.15, -0.1) is 0 Å². The van der Waals surface area contributed by atoms with E-state index in [1.54, 1.807) is 59.0 Å². The van der Waals surface area contributed by atoms with Crippen LogP contribution in [0.4, 0.5) is 4.79 Å². The molecule has 5 N–H and O–H groups in total. The molecule has 1 aliphatic rings. The molecule has 1 saturated heterocycles. The molecule has 3 rings (SSSR count). The van der Waals surface area contributed by atoms with Crippen LogP contribution in [0.1, 0.15) is 40.3 Å². The lowest BCUT2D eigenvalue weighted by molar-refractivity contribution is -0.119. The van der Waals surface area contributed by atoms with E-state index in [1.165, 1.54) is 12.0 Å². The summed E-state index contributed by atoms with van der Waals surface area (Å²) in [6.07, 6.45) is -1.15. The molecule has 0 aliphatic carbocycles. The van der Waals surface area contributed by atoms with Crippen molar-refractivity contribution in [3.05, 3.63) is 58.1 Å². The van der Waals surface area contributed by atoms with Crippen LogP contribution in [-0.4, -0.2) is 75.6 Å². The van der Waals surface area contributed by atoms with Gasteiger partial charge in [0.1, 0.15) is 0 Å². The van der Waals surface area contributed by atoms with Gasteiger partial charge in [-0.25, -0.2) is 4.79 Å². The molecule has 0 bridgehead atoms. The molecule has 12 heteroatoms. The highest BCUT2D eigenvalue weighted by Crippen LogP contribution is 2.55. The molecular formula is C26H34N2O8S2. The summed E-state index contributed by atoms with van der Waals surface area (Å²) in [7, 11) is 6.49. The minimum atomic E-state index is -1.00. The first-order chi connectivity index (χ1) is 18.3. The number of hydrogen-bond acceptors (Lipinski definition) is 11. The predicted molar refractivity (Wildman–Crippen MR) is 146 cm³/mol. The van der Waals surface area contributed by atoms with E-state index in [0.29, 0.717) is 46.5 Å². The number of nitrogens with one attached hydrogen (secondary N) is 1. The number of Topliss-reactive ketones (excluding diaryl/α,β-unsaturated/α-hetero) is 1. The smallest absolute Gasteiger partial charge is 0.415 e. The molecule has 2 aromatic carbocycles. The van der Waals surface area contributed by atoms with Crippen LogP contribution in [0.3, 0.4) is 0 Å². The summed E-state index contributed by atoms with van der Waals surface area (Å²) < 4.78 is 11.3. The molecule has 1 atom stereocenters. The van der Waals surface area contributed by atoms with Crippen molar-refractivity contribution < 1.29 is 39.5 Å². The molecule has 38 heavy (non-hydrogen) atoms. The van der Waals surface area contributed by atoms with Crippen LogP contribution in [0.5, 0.6) is 11.5 Å². The molecule has 0 radical (unpaired) electrons. The van der Waals surface area contributed by atoms with Gasteiger partial charge in [0.05, 0.1) is 44.2 Å². The third-order valence-corrected chi connectivity index (χ3v) is 8.27. The monoisotopic (exact) mass is 566 g/mol. The van der Waals surface area contributed by atoms with E-state index >= 15 is 0 Å². The molecule has 1 heterocycles. The number of aliphatic hydroxyl groups is 4. The molecule has 1 amide bonds. The molecule has 0 spiro atoms. The zero-order chi connectivity index (χ0) is 27.7. The lowest BCUT2D eigenvalue weighted by Gasteiger charge is -2.22. The number of rotatable bonds is 15. The van der Waals surface area contributed by atoms with E-state index in [9.17, 15) is 30.0 Å². The maximum absolute atomic E-state index is 13.0. The van der Waals surface area contributed by atoms with Gasteiger partial charge in [0.2, 0.25) is 0 Å². The third-order valence-electron chi connectivity index (χ3n) is 6.08. The highest BCUT2D eigenvalue weighted by Gasteiger charge is 2.29. The highest BCUT2D eigenvalue weighted by molar-refractivity contribution is 8.92. The van der Waals surface area contributed by atoms with Crippen LogP contribution in [0.25, 0.3) is 0 Å². The average Bonchev–Trinajstić information content (AvgIpc) is 3.73. The number of amides is 1. The van der Waals surface area contributed by atoms with Gasteiger partial charge in [0, 0.05) is 25.9 Å². The molecule has 1 fully saturated rings. The number of aliphatic hydroxyl groups excluding tert-OH is 4. The van der Waals surface area contributed by atoms with E-state index in [-0.39, 0.29) is 55.4 Å². The maximum atomic E-state index is 13.0. The van der Waals surface area contributed by atoms with Crippen molar-refractivity contribution in [2.75, 3.05) is 33.8 Å². The largest absolute Gasteiger partial charge is 0.493 e. The Labute approximate surface area is 229 Å². The van der Waals surface area contributed by atoms with Crippen molar-refractivity contribution in [2.45, 2.75) is 43.3 Å². The average molecular weight is 567 g/mol. The summed E-state index contributed by atoms with van der Waals surface area (Å²) in [5.41, 5.74) is 2.39. The van der Waals surface area contributed by atoms with Crippen LogP contribution in [-0.2, 0) is 31.0 Å². The number of likely N-dealkylation sites (N-methyl/N-ethyl adjacent to an activating group) is 1. The molecule has 208 valence electrons. The lowest BCUT2D eigenvalue weighted by atomic mass is 9.93. The molecule has 0 aromatic heterocycles. The van der Waals surface area contributed by atoms with Gasteiger partial charge in [-0.05, 0) is 47.0 Å². The van der Waals surface area contributed by atoms with E-state index in [1.807, 2.05) is 0 Å². The Kier molecular flexibility index (Phi) is 11.7. The van der Waals surface area contributed by atoms with Gasteiger partial charge in [0.25, 0.3) is 0 Å². The Bertz CT molecular complexity index is 1090. The van der Waals surface area contributed by atoms with Crippen molar-refractivity contribution in [2.24, 2.45) is 0 Å². The third kappa shape index (κ3) is 8.34. The summed E-state index contributed by atoms with van der Waals surface area (Å²) in [6, 6.07) is 8.14. The van der Waals surface area contributed by atoms with Crippen molar-refractivity contribution >= 4 is 33.5 Å². The van der Waals surface area contributed by atoms with Crippen LogP contribution in [0.15, 0.2) is 30.3 Å². The minimum Gasteiger partial charge on any atom is -0.493 e. The first-order valence-electron chi connectivity index (χ1n) is 12.1. The van der Waals surface area contributed by atoms with Crippen LogP contribution in [0.2, 0.25) is 0 Å². The molecule has 2 aromatic rings. The van der Waals surface area contributed by atoms with Gasteiger partial charge in [-0.2, -0.15) is 0 Å². The number of carbonyl (C=O) groups excluding carboxylic acids is 2. The molecule has 0 unspecified atom stereocenters. The standard InChI is InChI=1S/C26H34N2O8S2/c1-27-5-6-28(12-20(32)11-25-37-38-25)26(34)36-24-8-16(3-4-23(24)35-2)7-22(33)17-9-18(13-29)21(15-31)19(10-17)14-30/h3-4,8-10,22,25,27,29-31,33H,5-7,11-15H2,1-2H3/t22-/m1/s1. The fourth-order valence-electron chi connectivity index (χ4n) is 3.98. The second-order valence-corrected chi connectivity index (χ2v) is 11.7. The van der Waals surface area contributed by atoms with E-state index in [2.05, 4.69) is 5.32 Å². The Balaban J connectivity index is 1.77. The first kappa shape index (κ1) is 30.2. The molecule has 10 nitrogen and oxygen atoms in total. The topological polar surface area (TPSA) is 149 Å². The summed E-state index contributed by atoms with van der Waals surface area (Å²) >= 11 is 0. The summed E-state index contributed by atoms with van der Waals surface area (Å²) in [6.45, 7) is -0.321. The zero-order valence-corrected chi connectivity index (χ0v) is 23.0. The predicted octanol–water partition coefficient (Wildman–Crippen LogP) is 2.15. The number of benzene rings is 2. The highest BCUT2D eigenvalue weighted by atomic mass is 33.2. The normalized spacial score (nSPS) is 13.7. The Morgan fingerprint density at radius 3 is 2.29 bits per heavy atom. The SMILES string of the molecule is CNCCN(CC(=O)CC1SS1)C(=O)Oc1cc(C[C@@H](O)c2cc(CO)c(CO)c(CO)c2)ccc1OC.